The molecule has 0 saturated carbocycles. The van der Waals surface area contributed by atoms with Gasteiger partial charge in [0.05, 0.1) is 11.4 Å². The number of thiazole rings is 1. The van der Waals surface area contributed by atoms with E-state index in [9.17, 15) is 4.79 Å². The Morgan fingerprint density at radius 1 is 1.09 bits per heavy atom. The minimum Gasteiger partial charge on any atom is -0.486 e. The molecule has 0 unspecified atom stereocenters. The number of anilines is 1. The van der Waals surface area contributed by atoms with E-state index in [-0.39, 0.29) is 11.7 Å². The summed E-state index contributed by atoms with van der Waals surface area (Å²) in [5.74, 6) is 1.62. The summed E-state index contributed by atoms with van der Waals surface area (Å²) >= 11 is 2.83. The van der Waals surface area contributed by atoms with Gasteiger partial charge in [-0.1, -0.05) is 61.2 Å². The van der Waals surface area contributed by atoms with Gasteiger partial charge >= 0.3 is 0 Å². The Morgan fingerprint density at radius 2 is 1.85 bits per heavy atom. The number of amides is 1. The predicted molar refractivity (Wildman–Crippen MR) is 137 cm³/mol. The first kappa shape index (κ1) is 24.0. The summed E-state index contributed by atoms with van der Waals surface area (Å²) in [5, 5.41) is 12.7. The number of ether oxygens (including phenoxy) is 1. The van der Waals surface area contributed by atoms with Crippen molar-refractivity contribution >= 4 is 34.1 Å². The van der Waals surface area contributed by atoms with Gasteiger partial charge in [-0.25, -0.2) is 4.98 Å². The van der Waals surface area contributed by atoms with Gasteiger partial charge in [0.25, 0.3) is 0 Å². The molecule has 4 aromatic rings. The minimum absolute atomic E-state index is 0.127. The second-order valence-electron chi connectivity index (χ2n) is 7.56. The smallest absolute Gasteiger partial charge is 0.236 e. The summed E-state index contributed by atoms with van der Waals surface area (Å²) in [7, 11) is 0. The average Bonchev–Trinajstić information content (AvgIpc) is 3.44. The molecule has 0 atom stereocenters. The minimum atomic E-state index is -0.127. The van der Waals surface area contributed by atoms with E-state index in [0.29, 0.717) is 23.4 Å². The lowest BCUT2D eigenvalue weighted by atomic mass is 10.1. The highest BCUT2D eigenvalue weighted by Crippen LogP contribution is 2.30. The van der Waals surface area contributed by atoms with Crippen LogP contribution in [-0.4, -0.2) is 31.4 Å². The van der Waals surface area contributed by atoms with Crippen molar-refractivity contribution in [1.29, 1.82) is 0 Å². The fourth-order valence-corrected chi connectivity index (χ4v) is 5.09. The van der Waals surface area contributed by atoms with Crippen molar-refractivity contribution < 1.29 is 9.53 Å². The van der Waals surface area contributed by atoms with Crippen molar-refractivity contribution in [2.75, 3.05) is 11.1 Å². The summed E-state index contributed by atoms with van der Waals surface area (Å²) < 4.78 is 7.85. The van der Waals surface area contributed by atoms with Gasteiger partial charge in [0, 0.05) is 17.0 Å². The molecular weight excluding hydrogens is 466 g/mol. The van der Waals surface area contributed by atoms with Crippen LogP contribution < -0.4 is 10.1 Å². The summed E-state index contributed by atoms with van der Waals surface area (Å²) in [4.78, 5) is 18.2. The zero-order valence-electron chi connectivity index (χ0n) is 19.4. The van der Waals surface area contributed by atoms with Gasteiger partial charge in [0.1, 0.15) is 12.4 Å². The lowest BCUT2D eigenvalue weighted by Crippen LogP contribution is -2.14. The van der Waals surface area contributed by atoms with Crippen molar-refractivity contribution in [3.05, 3.63) is 70.9 Å². The number of nitrogens with zero attached hydrogens (tertiary/aromatic N) is 4. The Kier molecular flexibility index (Phi) is 7.97. The molecule has 0 aliphatic carbocycles. The maximum Gasteiger partial charge on any atom is 0.236 e. The van der Waals surface area contributed by atoms with Crippen LogP contribution in [0, 0.1) is 6.92 Å². The first-order chi connectivity index (χ1) is 16.6. The molecule has 9 heteroatoms. The molecule has 1 amide bonds. The quantitative estimate of drug-likeness (QED) is 0.290. The highest BCUT2D eigenvalue weighted by atomic mass is 32.2. The second kappa shape index (κ2) is 11.3. The number of hydrogen-bond acceptors (Lipinski definition) is 7. The van der Waals surface area contributed by atoms with Crippen LogP contribution in [0.5, 0.6) is 5.75 Å². The Morgan fingerprint density at radius 3 is 2.56 bits per heavy atom. The largest absolute Gasteiger partial charge is 0.486 e. The molecule has 34 heavy (non-hydrogen) atoms. The van der Waals surface area contributed by atoms with Crippen molar-refractivity contribution in [3.8, 4) is 17.0 Å². The van der Waals surface area contributed by atoms with E-state index in [1.54, 1.807) is 0 Å². The molecule has 0 saturated heterocycles. The van der Waals surface area contributed by atoms with Crippen molar-refractivity contribution in [1.82, 2.24) is 19.7 Å². The lowest BCUT2D eigenvalue weighted by molar-refractivity contribution is -0.113. The van der Waals surface area contributed by atoms with Gasteiger partial charge in [-0.3, -0.25) is 4.79 Å². The van der Waals surface area contributed by atoms with E-state index in [0.717, 1.165) is 34.1 Å². The van der Waals surface area contributed by atoms with Crippen LogP contribution in [0.2, 0.25) is 0 Å². The fraction of sp³-hybridized carbons (Fsp3) is 0.280. The third-order valence-electron chi connectivity index (χ3n) is 5.23. The summed E-state index contributed by atoms with van der Waals surface area (Å²) in [5.41, 5.74) is 3.21. The molecule has 0 fully saturated rings. The van der Waals surface area contributed by atoms with Gasteiger partial charge in [-0.05, 0) is 38.0 Å². The molecular formula is C25H27N5O2S2. The topological polar surface area (TPSA) is 81.9 Å². The van der Waals surface area contributed by atoms with Crippen molar-refractivity contribution in [3.63, 3.8) is 0 Å². The monoisotopic (exact) mass is 493 g/mol. The normalized spacial score (nSPS) is 10.9. The third-order valence-corrected chi connectivity index (χ3v) is 7.08. The van der Waals surface area contributed by atoms with Gasteiger partial charge in [-0.15, -0.1) is 21.5 Å². The lowest BCUT2D eigenvalue weighted by Gasteiger charge is -2.09. The summed E-state index contributed by atoms with van der Waals surface area (Å²) in [6.45, 7) is 7.17. The van der Waals surface area contributed by atoms with E-state index in [4.69, 9.17) is 4.74 Å². The number of hydrogen-bond donors (Lipinski definition) is 1. The van der Waals surface area contributed by atoms with Crippen LogP contribution >= 0.6 is 23.1 Å². The van der Waals surface area contributed by atoms with Gasteiger partial charge < -0.3 is 14.6 Å². The maximum atomic E-state index is 12.6. The number of thioether (sulfide) groups is 1. The van der Waals surface area contributed by atoms with E-state index in [2.05, 4.69) is 39.6 Å². The fourth-order valence-electron chi connectivity index (χ4n) is 3.42. The van der Waals surface area contributed by atoms with Gasteiger partial charge in [-0.2, -0.15) is 0 Å². The summed E-state index contributed by atoms with van der Waals surface area (Å²) in [6, 6.07) is 18.0. The van der Waals surface area contributed by atoms with Crippen LogP contribution in [0.25, 0.3) is 11.3 Å². The number of rotatable bonds is 10. The third kappa shape index (κ3) is 5.84. The first-order valence-electron chi connectivity index (χ1n) is 11.2. The van der Waals surface area contributed by atoms with E-state index >= 15 is 0 Å². The number of nitrogens with one attached hydrogen (secondary N) is 1. The Labute approximate surface area is 207 Å². The Balaban J connectivity index is 1.33. The van der Waals surface area contributed by atoms with Crippen LogP contribution in [0.4, 0.5) is 5.13 Å². The van der Waals surface area contributed by atoms with Crippen LogP contribution in [0.1, 0.15) is 30.1 Å². The highest BCUT2D eigenvalue weighted by Gasteiger charge is 2.16. The molecule has 0 bridgehead atoms. The molecule has 0 spiro atoms. The standard InChI is InChI=1S/C25H27N5O2S2/c1-4-18-11-13-20(14-12-18)32-15-21-28-29-25(30(21)5-2)33-16-22(31)26-24-27-23(17(3)34-24)19-9-7-6-8-10-19/h6-14H,4-5,15-16H2,1-3H3,(H,26,27,31). The number of carbonyl (C=O) groups excluding carboxylic acids is 1. The maximum absolute atomic E-state index is 12.6. The van der Waals surface area contributed by atoms with E-state index in [1.807, 2.05) is 60.9 Å². The zero-order chi connectivity index (χ0) is 23.9. The van der Waals surface area contributed by atoms with Crippen LogP contribution in [0.3, 0.4) is 0 Å². The van der Waals surface area contributed by atoms with Gasteiger partial charge in [0.2, 0.25) is 5.91 Å². The number of carbonyl (C=O) groups is 1. The van der Waals surface area contributed by atoms with E-state index in [1.165, 1.54) is 28.7 Å². The molecule has 2 aromatic carbocycles. The number of benzene rings is 2. The predicted octanol–water partition coefficient (Wildman–Crippen LogP) is 5.60. The molecule has 7 nitrogen and oxygen atoms in total. The van der Waals surface area contributed by atoms with Crippen molar-refractivity contribution in [2.24, 2.45) is 0 Å². The molecule has 176 valence electrons. The second-order valence-corrected chi connectivity index (χ2v) is 9.70. The summed E-state index contributed by atoms with van der Waals surface area (Å²) in [6.07, 6.45) is 0.995. The number of aryl methyl sites for hydroxylation is 2. The molecule has 1 N–H and O–H groups in total. The Bertz CT molecular complexity index is 1240. The average molecular weight is 494 g/mol. The van der Waals surface area contributed by atoms with Gasteiger partial charge in [0.15, 0.2) is 16.1 Å². The Hall–Kier alpha value is -3.17. The number of aromatic nitrogens is 4. The highest BCUT2D eigenvalue weighted by molar-refractivity contribution is 7.99. The van der Waals surface area contributed by atoms with E-state index < -0.39 is 0 Å². The molecule has 0 radical (unpaired) electrons. The van der Waals surface area contributed by atoms with Crippen LogP contribution in [-0.2, 0) is 24.4 Å². The SMILES string of the molecule is CCc1ccc(OCc2nnc(SCC(=O)Nc3nc(-c4ccccc4)c(C)s3)n2CC)cc1. The zero-order valence-corrected chi connectivity index (χ0v) is 21.1. The molecule has 0 aliphatic rings. The van der Waals surface area contributed by atoms with Crippen LogP contribution in [0.15, 0.2) is 59.8 Å². The molecule has 2 aromatic heterocycles. The molecule has 0 aliphatic heterocycles. The molecule has 4 rings (SSSR count). The van der Waals surface area contributed by atoms with Crippen molar-refractivity contribution in [2.45, 2.75) is 45.5 Å². The first-order valence-corrected chi connectivity index (χ1v) is 13.0. The molecule has 2 heterocycles.